The van der Waals surface area contributed by atoms with Crippen molar-refractivity contribution >= 4 is 23.8 Å². The minimum absolute atomic E-state index is 0.165. The lowest BCUT2D eigenvalue weighted by Gasteiger charge is -2.30. The lowest BCUT2D eigenvalue weighted by atomic mass is 9.92. The highest BCUT2D eigenvalue weighted by Crippen LogP contribution is 2.22. The normalized spacial score (nSPS) is 17.4. The van der Waals surface area contributed by atoms with Gasteiger partial charge in [-0.2, -0.15) is 0 Å². The minimum atomic E-state index is -0.370. The van der Waals surface area contributed by atoms with Crippen LogP contribution >= 0.6 is 11.9 Å². The first-order chi connectivity index (χ1) is 8.65. The van der Waals surface area contributed by atoms with Crippen LogP contribution in [-0.2, 0) is 18.6 Å². The fourth-order valence-electron chi connectivity index (χ4n) is 2.18. The van der Waals surface area contributed by atoms with Crippen molar-refractivity contribution in [2.75, 3.05) is 26.2 Å². The maximum absolute atomic E-state index is 11.3. The van der Waals surface area contributed by atoms with Gasteiger partial charge in [0.15, 0.2) is 0 Å². The van der Waals surface area contributed by atoms with Crippen LogP contribution in [0.3, 0.4) is 0 Å². The Labute approximate surface area is 113 Å². The summed E-state index contributed by atoms with van der Waals surface area (Å²) in [7, 11) is 0. The van der Waals surface area contributed by atoms with Gasteiger partial charge in [0.1, 0.15) is 11.9 Å². The Bertz CT molecular complexity index is 277. The summed E-state index contributed by atoms with van der Waals surface area (Å²) in [4.78, 5) is 24.3. The van der Waals surface area contributed by atoms with Crippen molar-refractivity contribution < 1.29 is 18.6 Å². The van der Waals surface area contributed by atoms with Crippen LogP contribution < -0.4 is 0 Å². The minimum Gasteiger partial charge on any atom is -0.465 e. The second kappa shape index (κ2) is 8.32. The van der Waals surface area contributed by atoms with Crippen LogP contribution in [0.25, 0.3) is 0 Å². The molecule has 0 aromatic heterocycles. The molecular weight excluding hydrogens is 258 g/mol. The quantitative estimate of drug-likeness (QED) is 0.692. The van der Waals surface area contributed by atoms with Crippen molar-refractivity contribution in [3.63, 3.8) is 0 Å². The Balaban J connectivity index is 2.16. The van der Waals surface area contributed by atoms with E-state index in [1.165, 1.54) is 0 Å². The zero-order chi connectivity index (χ0) is 13.4. The van der Waals surface area contributed by atoms with Gasteiger partial charge >= 0.3 is 11.9 Å². The smallest absolute Gasteiger partial charge is 0.324 e. The molecule has 1 heterocycles. The van der Waals surface area contributed by atoms with Gasteiger partial charge in [-0.05, 0) is 45.2 Å². The number of hydrogen-bond donors (Lipinski definition) is 0. The molecule has 0 radical (unpaired) electrons. The van der Waals surface area contributed by atoms with E-state index in [1.807, 2.05) is 0 Å². The first kappa shape index (κ1) is 15.2. The zero-order valence-electron chi connectivity index (χ0n) is 10.7. The third-order valence-electron chi connectivity index (χ3n) is 3.21. The van der Waals surface area contributed by atoms with Crippen molar-refractivity contribution in [1.29, 1.82) is 0 Å². The Hall–Kier alpha value is -0.810. The third kappa shape index (κ3) is 5.69. The SMILES string of the molecule is CCOC(=O)CN1CCC(CCC(=O)OCl)CC1. The van der Waals surface area contributed by atoms with Crippen LogP contribution in [-0.4, -0.2) is 43.1 Å². The fraction of sp³-hybridized carbons (Fsp3) is 0.833. The number of carbonyl (C=O) groups excluding carboxylic acids is 2. The molecule has 1 fully saturated rings. The van der Waals surface area contributed by atoms with Gasteiger partial charge in [0, 0.05) is 6.42 Å². The average Bonchev–Trinajstić information content (AvgIpc) is 2.37. The predicted molar refractivity (Wildman–Crippen MR) is 67.0 cm³/mol. The summed E-state index contributed by atoms with van der Waals surface area (Å²) in [5.74, 6) is -0.0218. The van der Waals surface area contributed by atoms with E-state index < -0.39 is 0 Å². The number of ether oxygens (including phenoxy) is 1. The first-order valence-corrected chi connectivity index (χ1v) is 6.66. The van der Waals surface area contributed by atoms with E-state index >= 15 is 0 Å². The second-order valence-corrected chi connectivity index (χ2v) is 4.67. The van der Waals surface area contributed by atoms with Crippen LogP contribution in [0.1, 0.15) is 32.6 Å². The highest BCUT2D eigenvalue weighted by molar-refractivity contribution is 6.13. The Morgan fingerprint density at radius 2 is 1.94 bits per heavy atom. The standard InChI is InChI=1S/C12H20ClNO4/c1-2-17-12(16)9-14-7-5-10(6-8-14)3-4-11(15)18-13/h10H,2-9H2,1H3. The first-order valence-electron chi connectivity index (χ1n) is 6.35. The number of halogens is 1. The monoisotopic (exact) mass is 277 g/mol. The number of esters is 1. The molecule has 5 nitrogen and oxygen atoms in total. The van der Waals surface area contributed by atoms with E-state index in [9.17, 15) is 9.59 Å². The molecule has 0 unspecified atom stereocenters. The third-order valence-corrected chi connectivity index (χ3v) is 3.38. The number of nitrogens with zero attached hydrogens (tertiary/aromatic N) is 1. The Morgan fingerprint density at radius 1 is 1.28 bits per heavy atom. The van der Waals surface area contributed by atoms with Gasteiger partial charge < -0.3 is 9.03 Å². The van der Waals surface area contributed by atoms with Gasteiger partial charge in [-0.15, -0.1) is 0 Å². The summed E-state index contributed by atoms with van der Waals surface area (Å²) in [5, 5.41) is 0. The summed E-state index contributed by atoms with van der Waals surface area (Å²) < 4.78 is 9.01. The number of likely N-dealkylation sites (tertiary alicyclic amines) is 1. The molecule has 1 aliphatic rings. The largest absolute Gasteiger partial charge is 0.465 e. The Morgan fingerprint density at radius 3 is 2.50 bits per heavy atom. The summed E-state index contributed by atoms with van der Waals surface area (Å²) >= 11 is 4.97. The predicted octanol–water partition coefficient (Wildman–Crippen LogP) is 1.74. The maximum atomic E-state index is 11.3. The van der Waals surface area contributed by atoms with E-state index in [0.717, 1.165) is 32.4 Å². The molecule has 0 aromatic rings. The van der Waals surface area contributed by atoms with Crippen LogP contribution in [0, 0.1) is 5.92 Å². The van der Waals surface area contributed by atoms with E-state index in [4.69, 9.17) is 16.6 Å². The number of hydrogen-bond acceptors (Lipinski definition) is 5. The van der Waals surface area contributed by atoms with Gasteiger partial charge in [-0.1, -0.05) is 0 Å². The molecule has 0 bridgehead atoms. The van der Waals surface area contributed by atoms with Crippen molar-refractivity contribution in [3.05, 3.63) is 0 Å². The highest BCUT2D eigenvalue weighted by atomic mass is 35.5. The van der Waals surface area contributed by atoms with Crippen LogP contribution in [0.5, 0.6) is 0 Å². The molecule has 1 aliphatic heterocycles. The van der Waals surface area contributed by atoms with Crippen LogP contribution in [0.2, 0.25) is 0 Å². The van der Waals surface area contributed by atoms with Crippen LogP contribution in [0.15, 0.2) is 0 Å². The summed E-state index contributed by atoms with van der Waals surface area (Å²) in [6.45, 7) is 4.35. The van der Waals surface area contributed by atoms with Crippen molar-refractivity contribution in [1.82, 2.24) is 4.90 Å². The van der Waals surface area contributed by atoms with Gasteiger partial charge in [-0.25, -0.2) is 0 Å². The molecule has 18 heavy (non-hydrogen) atoms. The van der Waals surface area contributed by atoms with Gasteiger partial charge in [0.25, 0.3) is 0 Å². The molecule has 1 saturated heterocycles. The van der Waals surface area contributed by atoms with Crippen LogP contribution in [0.4, 0.5) is 0 Å². The van der Waals surface area contributed by atoms with Gasteiger partial charge in [0.05, 0.1) is 13.2 Å². The molecule has 0 aromatic carbocycles. The molecule has 104 valence electrons. The maximum Gasteiger partial charge on any atom is 0.324 e. The molecule has 0 saturated carbocycles. The van der Waals surface area contributed by atoms with E-state index in [-0.39, 0.29) is 11.9 Å². The molecular formula is C12H20ClNO4. The number of carbonyl (C=O) groups is 2. The van der Waals surface area contributed by atoms with Gasteiger partial charge in [0.2, 0.25) is 0 Å². The summed E-state index contributed by atoms with van der Waals surface area (Å²) in [6.07, 6.45) is 3.16. The molecule has 0 aliphatic carbocycles. The molecule has 6 heteroatoms. The molecule has 0 amide bonds. The molecule has 0 N–H and O–H groups in total. The van der Waals surface area contributed by atoms with Crippen molar-refractivity contribution in [2.45, 2.75) is 32.6 Å². The van der Waals surface area contributed by atoms with Crippen molar-refractivity contribution in [2.24, 2.45) is 5.92 Å². The van der Waals surface area contributed by atoms with E-state index in [0.29, 0.717) is 25.5 Å². The average molecular weight is 278 g/mol. The van der Waals surface area contributed by atoms with E-state index in [1.54, 1.807) is 6.92 Å². The number of piperidine rings is 1. The molecule has 0 spiro atoms. The lowest BCUT2D eigenvalue weighted by Crippen LogP contribution is -2.38. The fourth-order valence-corrected chi connectivity index (χ4v) is 2.26. The molecule has 0 atom stereocenters. The summed E-state index contributed by atoms with van der Waals surface area (Å²) in [6, 6.07) is 0. The topological polar surface area (TPSA) is 55.8 Å². The highest BCUT2D eigenvalue weighted by Gasteiger charge is 2.21. The molecule has 1 rings (SSSR count). The van der Waals surface area contributed by atoms with Gasteiger partial charge in [-0.3, -0.25) is 14.5 Å². The van der Waals surface area contributed by atoms with E-state index in [2.05, 4.69) is 9.19 Å². The second-order valence-electron chi connectivity index (χ2n) is 4.51. The summed E-state index contributed by atoms with van der Waals surface area (Å²) in [5.41, 5.74) is 0. The van der Waals surface area contributed by atoms with Crippen molar-refractivity contribution in [3.8, 4) is 0 Å². The lowest BCUT2D eigenvalue weighted by molar-refractivity contribution is -0.144. The zero-order valence-corrected chi connectivity index (χ0v) is 11.4. The number of rotatable bonds is 6. The Kier molecular flexibility index (Phi) is 7.05.